The van der Waals surface area contributed by atoms with Gasteiger partial charge in [-0.1, -0.05) is 29.8 Å². The lowest BCUT2D eigenvalue weighted by Crippen LogP contribution is -2.14. The van der Waals surface area contributed by atoms with Crippen molar-refractivity contribution in [2.45, 2.75) is 13.1 Å². The van der Waals surface area contributed by atoms with E-state index >= 15 is 0 Å². The van der Waals surface area contributed by atoms with Crippen LogP contribution in [0.4, 0.5) is 13.2 Å². The van der Waals surface area contributed by atoms with Crippen molar-refractivity contribution in [3.63, 3.8) is 0 Å². The van der Waals surface area contributed by atoms with Crippen LogP contribution in [-0.2, 0) is 6.18 Å². The number of alkyl halides is 3. The number of allylic oxidation sites excluding steroid dienone is 1. The monoisotopic (exact) mass is 401 g/mol. The number of nitrogens with zero attached hydrogens (tertiary/aromatic N) is 5. The summed E-state index contributed by atoms with van der Waals surface area (Å²) in [4.78, 5) is 14.7. The van der Waals surface area contributed by atoms with Gasteiger partial charge in [-0.2, -0.15) is 17.9 Å². The molecule has 150 valence electrons. The Bertz CT molecular complexity index is 1040. The highest BCUT2D eigenvalue weighted by Gasteiger charge is 2.30. The van der Waals surface area contributed by atoms with Gasteiger partial charge >= 0.3 is 6.18 Å². The van der Waals surface area contributed by atoms with Crippen molar-refractivity contribution >= 4 is 11.4 Å². The van der Waals surface area contributed by atoms with Crippen LogP contribution in [0.3, 0.4) is 0 Å². The van der Waals surface area contributed by atoms with Gasteiger partial charge in [0.05, 0.1) is 16.8 Å². The van der Waals surface area contributed by atoms with E-state index in [9.17, 15) is 18.0 Å². The molecule has 0 aliphatic rings. The Morgan fingerprint density at radius 3 is 2.21 bits per heavy atom. The first kappa shape index (κ1) is 20.2. The summed E-state index contributed by atoms with van der Waals surface area (Å²) in [6.45, 7) is 1.94. The number of benzene rings is 2. The van der Waals surface area contributed by atoms with Crippen molar-refractivity contribution in [1.29, 1.82) is 0 Å². The normalized spacial score (nSPS) is 12.1. The molecule has 0 amide bonds. The summed E-state index contributed by atoms with van der Waals surface area (Å²) in [6.07, 6.45) is -2.93. The number of carbonyl (C=O) groups excluding carboxylic acids is 1. The predicted molar refractivity (Wildman–Crippen MR) is 101 cm³/mol. The summed E-state index contributed by atoms with van der Waals surface area (Å²) < 4.78 is 39.8. The molecular formula is C20H18F3N5O. The van der Waals surface area contributed by atoms with Crippen molar-refractivity contribution in [1.82, 2.24) is 25.1 Å². The molecule has 6 nitrogen and oxygen atoms in total. The van der Waals surface area contributed by atoms with Crippen LogP contribution >= 0.6 is 0 Å². The van der Waals surface area contributed by atoms with E-state index in [4.69, 9.17) is 0 Å². The van der Waals surface area contributed by atoms with Gasteiger partial charge in [0.2, 0.25) is 0 Å². The zero-order valence-electron chi connectivity index (χ0n) is 16.0. The molecule has 1 heterocycles. The van der Waals surface area contributed by atoms with E-state index in [1.165, 1.54) is 10.9 Å². The van der Waals surface area contributed by atoms with Crippen molar-refractivity contribution in [3.05, 3.63) is 77.2 Å². The Hall–Kier alpha value is -3.49. The van der Waals surface area contributed by atoms with Gasteiger partial charge in [-0.15, -0.1) is 5.10 Å². The molecule has 0 spiro atoms. The largest absolute Gasteiger partial charge is 0.416 e. The van der Waals surface area contributed by atoms with Crippen molar-refractivity contribution in [2.75, 3.05) is 14.1 Å². The van der Waals surface area contributed by atoms with Crippen LogP contribution in [0.2, 0.25) is 0 Å². The average Bonchev–Trinajstić information content (AvgIpc) is 3.15. The van der Waals surface area contributed by atoms with Gasteiger partial charge in [0, 0.05) is 25.9 Å². The van der Waals surface area contributed by atoms with Crippen LogP contribution < -0.4 is 0 Å². The predicted octanol–water partition coefficient (Wildman–Crippen LogP) is 3.77. The fraction of sp³-hybridized carbons (Fsp3) is 0.200. The Balaban J connectivity index is 2.03. The topological polar surface area (TPSA) is 63.9 Å². The highest BCUT2D eigenvalue weighted by molar-refractivity contribution is 6.28. The minimum absolute atomic E-state index is 0.101. The molecular weight excluding hydrogens is 383 g/mol. The lowest BCUT2D eigenvalue weighted by molar-refractivity contribution is -0.137. The van der Waals surface area contributed by atoms with Gasteiger partial charge in [0.25, 0.3) is 0 Å². The van der Waals surface area contributed by atoms with Crippen LogP contribution in [0.1, 0.15) is 27.3 Å². The standard InChI is InChI=1S/C20H18F3N5O/c1-13-4-10-16(11-5-13)28-19(24-25-26-28)17(12-27(2)3)18(29)14-6-8-15(9-7-14)20(21,22)23/h4-12H,1-3H3. The van der Waals surface area contributed by atoms with E-state index in [0.717, 1.165) is 29.8 Å². The quantitative estimate of drug-likeness (QED) is 0.481. The first-order valence-corrected chi connectivity index (χ1v) is 8.63. The minimum atomic E-state index is -4.47. The first-order valence-electron chi connectivity index (χ1n) is 8.63. The maximum Gasteiger partial charge on any atom is 0.416 e. The summed E-state index contributed by atoms with van der Waals surface area (Å²) >= 11 is 0. The van der Waals surface area contributed by atoms with Gasteiger partial charge in [0.1, 0.15) is 0 Å². The van der Waals surface area contributed by atoms with Gasteiger partial charge in [-0.25, -0.2) is 0 Å². The number of aryl methyl sites for hydroxylation is 1. The third-order valence-corrected chi connectivity index (χ3v) is 4.10. The summed E-state index contributed by atoms with van der Waals surface area (Å²) in [5.74, 6) is -0.303. The van der Waals surface area contributed by atoms with E-state index in [2.05, 4.69) is 15.5 Å². The van der Waals surface area contributed by atoms with Crippen LogP contribution in [0.25, 0.3) is 11.3 Å². The number of rotatable bonds is 5. The molecule has 0 fully saturated rings. The third-order valence-electron chi connectivity index (χ3n) is 4.10. The molecule has 0 aliphatic carbocycles. The van der Waals surface area contributed by atoms with Gasteiger partial charge in [0.15, 0.2) is 11.6 Å². The Kier molecular flexibility index (Phi) is 5.49. The van der Waals surface area contributed by atoms with E-state index in [0.29, 0.717) is 5.69 Å². The molecule has 2 aromatic carbocycles. The minimum Gasteiger partial charge on any atom is -0.383 e. The van der Waals surface area contributed by atoms with Crippen molar-refractivity contribution in [3.8, 4) is 5.69 Å². The van der Waals surface area contributed by atoms with Gasteiger partial charge in [-0.05, 0) is 41.6 Å². The zero-order chi connectivity index (χ0) is 21.2. The lowest BCUT2D eigenvalue weighted by Gasteiger charge is -2.12. The number of carbonyl (C=O) groups is 1. The number of tetrazole rings is 1. The second kappa shape index (κ2) is 7.86. The lowest BCUT2D eigenvalue weighted by atomic mass is 10.0. The molecule has 0 aliphatic heterocycles. The molecule has 0 saturated heterocycles. The summed E-state index contributed by atoms with van der Waals surface area (Å²) in [6, 6.07) is 11.4. The van der Waals surface area contributed by atoms with E-state index in [-0.39, 0.29) is 17.0 Å². The Labute approximate surface area is 165 Å². The zero-order valence-corrected chi connectivity index (χ0v) is 16.0. The Morgan fingerprint density at radius 1 is 1.03 bits per heavy atom. The number of hydrogen-bond donors (Lipinski definition) is 0. The average molecular weight is 401 g/mol. The first-order chi connectivity index (χ1) is 13.7. The van der Waals surface area contributed by atoms with E-state index in [1.807, 2.05) is 31.2 Å². The number of Topliss-reactive ketones (excluding diaryl/α,β-unsaturated/α-hetero) is 1. The fourth-order valence-corrected chi connectivity index (χ4v) is 2.66. The van der Waals surface area contributed by atoms with Crippen LogP contribution in [0.5, 0.6) is 0 Å². The molecule has 0 saturated carbocycles. The fourth-order valence-electron chi connectivity index (χ4n) is 2.66. The van der Waals surface area contributed by atoms with E-state index < -0.39 is 17.5 Å². The molecule has 1 aromatic heterocycles. The van der Waals surface area contributed by atoms with E-state index in [1.54, 1.807) is 19.0 Å². The number of aromatic nitrogens is 4. The van der Waals surface area contributed by atoms with Crippen LogP contribution in [0, 0.1) is 6.92 Å². The molecule has 0 unspecified atom stereocenters. The third kappa shape index (κ3) is 4.50. The van der Waals surface area contributed by atoms with Crippen molar-refractivity contribution in [2.24, 2.45) is 0 Å². The number of halogens is 3. The molecule has 9 heteroatoms. The highest BCUT2D eigenvalue weighted by Crippen LogP contribution is 2.30. The number of hydrogen-bond acceptors (Lipinski definition) is 5. The maximum absolute atomic E-state index is 13.1. The SMILES string of the molecule is Cc1ccc(-n2nnnc2C(=CN(C)C)C(=O)c2ccc(C(F)(F)F)cc2)cc1. The van der Waals surface area contributed by atoms with Crippen molar-refractivity contribution < 1.29 is 18.0 Å². The highest BCUT2D eigenvalue weighted by atomic mass is 19.4. The molecule has 0 bridgehead atoms. The maximum atomic E-state index is 13.1. The van der Waals surface area contributed by atoms with Crippen LogP contribution in [0.15, 0.2) is 54.7 Å². The molecule has 0 N–H and O–H groups in total. The molecule has 0 radical (unpaired) electrons. The molecule has 3 rings (SSSR count). The molecule has 0 atom stereocenters. The summed E-state index contributed by atoms with van der Waals surface area (Å²) in [5.41, 5.74) is 1.13. The summed E-state index contributed by atoms with van der Waals surface area (Å²) in [7, 11) is 3.44. The molecule has 3 aromatic rings. The Morgan fingerprint density at radius 2 is 1.66 bits per heavy atom. The summed E-state index contributed by atoms with van der Waals surface area (Å²) in [5, 5.41) is 11.6. The van der Waals surface area contributed by atoms with Gasteiger partial charge in [-0.3, -0.25) is 4.79 Å². The van der Waals surface area contributed by atoms with Gasteiger partial charge < -0.3 is 4.90 Å². The second-order valence-electron chi connectivity index (χ2n) is 6.66. The smallest absolute Gasteiger partial charge is 0.383 e. The van der Waals surface area contributed by atoms with Crippen LogP contribution in [-0.4, -0.2) is 45.0 Å². The number of ketones is 1. The second-order valence-corrected chi connectivity index (χ2v) is 6.66. The molecule has 29 heavy (non-hydrogen) atoms.